The van der Waals surface area contributed by atoms with Crippen molar-refractivity contribution in [2.75, 3.05) is 32.7 Å². The quantitative estimate of drug-likeness (QED) is 0.773. The average Bonchev–Trinajstić information content (AvgIpc) is 2.72. The van der Waals surface area contributed by atoms with Crippen LogP contribution in [0.25, 0.3) is 0 Å². The van der Waals surface area contributed by atoms with Gasteiger partial charge in [-0.1, -0.05) is 6.92 Å². The molecule has 0 aliphatic carbocycles. The number of nitrogens with zero attached hydrogens (tertiary/aromatic N) is 1. The van der Waals surface area contributed by atoms with Crippen LogP contribution in [0, 0.1) is 11.3 Å². The molecular weight excluding hydrogens is 240 g/mol. The third-order valence-corrected chi connectivity index (χ3v) is 4.56. The summed E-state index contributed by atoms with van der Waals surface area (Å²) in [5, 5.41) is 3.41. The van der Waals surface area contributed by atoms with Crippen molar-refractivity contribution in [1.82, 2.24) is 10.2 Å². The van der Waals surface area contributed by atoms with Crippen LogP contribution < -0.4 is 5.32 Å². The van der Waals surface area contributed by atoms with Gasteiger partial charge in [-0.2, -0.15) is 0 Å². The maximum absolute atomic E-state index is 12.4. The Hall–Kier alpha value is -0.610. The highest BCUT2D eigenvalue weighted by atomic mass is 16.6. The zero-order valence-corrected chi connectivity index (χ0v) is 12.8. The molecule has 0 bridgehead atoms. The lowest BCUT2D eigenvalue weighted by atomic mass is 9.71. The number of rotatable bonds is 2. The zero-order valence-electron chi connectivity index (χ0n) is 12.8. The molecule has 110 valence electrons. The number of ether oxygens (including phenoxy) is 1. The Morgan fingerprint density at radius 1 is 1.37 bits per heavy atom. The second kappa shape index (κ2) is 5.41. The van der Waals surface area contributed by atoms with Crippen molar-refractivity contribution in [1.29, 1.82) is 0 Å². The Morgan fingerprint density at radius 3 is 2.53 bits per heavy atom. The van der Waals surface area contributed by atoms with Crippen LogP contribution in [0.2, 0.25) is 0 Å². The minimum atomic E-state index is -0.384. The Balaban J connectivity index is 2.03. The van der Waals surface area contributed by atoms with E-state index in [9.17, 15) is 4.79 Å². The van der Waals surface area contributed by atoms with Gasteiger partial charge in [-0.3, -0.25) is 4.79 Å². The molecule has 0 amide bonds. The molecule has 0 saturated carbocycles. The van der Waals surface area contributed by atoms with Gasteiger partial charge in [-0.25, -0.2) is 0 Å². The Labute approximate surface area is 116 Å². The lowest BCUT2D eigenvalue weighted by molar-refractivity contribution is -0.164. The third-order valence-electron chi connectivity index (χ3n) is 4.56. The number of carbonyl (C=O) groups is 1. The van der Waals surface area contributed by atoms with Gasteiger partial charge in [0.25, 0.3) is 0 Å². The van der Waals surface area contributed by atoms with Crippen LogP contribution in [0.1, 0.15) is 40.5 Å². The molecule has 2 fully saturated rings. The summed E-state index contributed by atoms with van der Waals surface area (Å²) in [6.45, 7) is 13.1. The van der Waals surface area contributed by atoms with Crippen LogP contribution in [-0.2, 0) is 9.53 Å². The van der Waals surface area contributed by atoms with Crippen LogP contribution in [-0.4, -0.2) is 49.2 Å². The van der Waals surface area contributed by atoms with E-state index >= 15 is 0 Å². The smallest absolute Gasteiger partial charge is 0.311 e. The predicted molar refractivity (Wildman–Crippen MR) is 76.0 cm³/mol. The van der Waals surface area contributed by atoms with Gasteiger partial charge >= 0.3 is 5.97 Å². The van der Waals surface area contributed by atoms with Gasteiger partial charge < -0.3 is 15.0 Å². The number of nitrogens with one attached hydrogen (secondary N) is 1. The molecule has 2 aliphatic rings. The molecule has 2 heterocycles. The maximum Gasteiger partial charge on any atom is 0.311 e. The van der Waals surface area contributed by atoms with E-state index in [-0.39, 0.29) is 22.9 Å². The molecular formula is C15H28N2O2. The minimum absolute atomic E-state index is 0.0116. The lowest BCUT2D eigenvalue weighted by Gasteiger charge is -2.41. The lowest BCUT2D eigenvalue weighted by Crippen LogP contribution is -2.47. The Bertz CT molecular complexity index is 328. The molecule has 1 atom stereocenters. The Kier molecular flexibility index (Phi) is 4.21. The van der Waals surface area contributed by atoms with Gasteiger partial charge in [0, 0.05) is 13.1 Å². The summed E-state index contributed by atoms with van der Waals surface area (Å²) in [7, 11) is 0. The van der Waals surface area contributed by atoms with E-state index in [1.165, 1.54) is 0 Å². The molecule has 2 rings (SSSR count). The van der Waals surface area contributed by atoms with Crippen LogP contribution in [0.3, 0.4) is 0 Å². The number of esters is 1. The topological polar surface area (TPSA) is 41.6 Å². The molecule has 0 radical (unpaired) electrons. The van der Waals surface area contributed by atoms with Crippen molar-refractivity contribution < 1.29 is 9.53 Å². The van der Waals surface area contributed by atoms with Crippen LogP contribution in [0.15, 0.2) is 0 Å². The largest absolute Gasteiger partial charge is 0.460 e. The summed E-state index contributed by atoms with van der Waals surface area (Å²) in [6.07, 6.45) is 2.22. The summed E-state index contributed by atoms with van der Waals surface area (Å²) in [4.78, 5) is 14.9. The van der Waals surface area contributed by atoms with Gasteiger partial charge in [0.1, 0.15) is 5.60 Å². The molecule has 1 N–H and O–H groups in total. The monoisotopic (exact) mass is 268 g/mol. The summed E-state index contributed by atoms with van der Waals surface area (Å²) in [5.74, 6) is 0.0215. The normalized spacial score (nSPS) is 27.7. The first kappa shape index (κ1) is 14.8. The number of hydrogen-bond acceptors (Lipinski definition) is 4. The zero-order chi connectivity index (χ0) is 14.1. The van der Waals surface area contributed by atoms with E-state index in [4.69, 9.17) is 4.74 Å². The SMILES string of the molecule is CCN1CCC2(CC1)CNCC2C(=O)OC(C)(C)C. The van der Waals surface area contributed by atoms with Gasteiger partial charge in [0.2, 0.25) is 0 Å². The van der Waals surface area contributed by atoms with Crippen molar-refractivity contribution in [3.8, 4) is 0 Å². The first-order valence-corrected chi connectivity index (χ1v) is 7.52. The average molecular weight is 268 g/mol. The fourth-order valence-electron chi connectivity index (χ4n) is 3.35. The highest BCUT2D eigenvalue weighted by Crippen LogP contribution is 2.42. The fourth-order valence-corrected chi connectivity index (χ4v) is 3.35. The van der Waals surface area contributed by atoms with E-state index in [1.54, 1.807) is 0 Å². The van der Waals surface area contributed by atoms with Gasteiger partial charge in [-0.15, -0.1) is 0 Å². The summed E-state index contributed by atoms with van der Waals surface area (Å²) in [5.41, 5.74) is -0.251. The van der Waals surface area contributed by atoms with Crippen molar-refractivity contribution >= 4 is 5.97 Å². The number of hydrogen-bond donors (Lipinski definition) is 1. The van der Waals surface area contributed by atoms with Crippen LogP contribution in [0.4, 0.5) is 0 Å². The number of likely N-dealkylation sites (tertiary alicyclic amines) is 1. The van der Waals surface area contributed by atoms with E-state index in [0.717, 1.165) is 45.6 Å². The second-order valence-electron chi connectivity index (χ2n) is 7.01. The number of carbonyl (C=O) groups excluding carboxylic acids is 1. The van der Waals surface area contributed by atoms with Gasteiger partial charge in [0.15, 0.2) is 0 Å². The minimum Gasteiger partial charge on any atom is -0.460 e. The van der Waals surface area contributed by atoms with E-state index in [1.807, 2.05) is 20.8 Å². The second-order valence-corrected chi connectivity index (χ2v) is 7.01. The van der Waals surface area contributed by atoms with E-state index in [2.05, 4.69) is 17.1 Å². The summed E-state index contributed by atoms with van der Waals surface area (Å²) in [6, 6.07) is 0. The molecule has 19 heavy (non-hydrogen) atoms. The van der Waals surface area contributed by atoms with E-state index < -0.39 is 0 Å². The van der Waals surface area contributed by atoms with Crippen LogP contribution in [0.5, 0.6) is 0 Å². The molecule has 0 aromatic rings. The predicted octanol–water partition coefficient (Wildman–Crippen LogP) is 1.65. The molecule has 0 aromatic carbocycles. The third kappa shape index (κ3) is 3.29. The molecule has 4 nitrogen and oxygen atoms in total. The first-order valence-electron chi connectivity index (χ1n) is 7.52. The molecule has 2 saturated heterocycles. The first-order chi connectivity index (χ1) is 8.86. The molecule has 0 aromatic heterocycles. The van der Waals surface area contributed by atoms with Crippen molar-refractivity contribution in [2.45, 2.75) is 46.1 Å². The molecule has 1 spiro atoms. The number of piperidine rings is 1. The van der Waals surface area contributed by atoms with E-state index in [0.29, 0.717) is 0 Å². The van der Waals surface area contributed by atoms with Gasteiger partial charge in [0.05, 0.1) is 5.92 Å². The highest BCUT2D eigenvalue weighted by molar-refractivity contribution is 5.74. The fraction of sp³-hybridized carbons (Fsp3) is 0.933. The van der Waals surface area contributed by atoms with Gasteiger partial charge in [-0.05, 0) is 58.7 Å². The molecule has 4 heteroatoms. The Morgan fingerprint density at radius 2 is 2.00 bits per heavy atom. The maximum atomic E-state index is 12.4. The molecule has 1 unspecified atom stereocenters. The van der Waals surface area contributed by atoms with Crippen molar-refractivity contribution in [2.24, 2.45) is 11.3 Å². The summed E-state index contributed by atoms with van der Waals surface area (Å²) >= 11 is 0. The summed E-state index contributed by atoms with van der Waals surface area (Å²) < 4.78 is 5.61. The highest BCUT2D eigenvalue weighted by Gasteiger charge is 2.49. The standard InChI is InChI=1S/C15H28N2O2/c1-5-17-8-6-15(7-9-17)11-16-10-12(15)13(18)19-14(2,3)4/h12,16H,5-11H2,1-4H3. The molecule has 2 aliphatic heterocycles. The van der Waals surface area contributed by atoms with Crippen LogP contribution >= 0.6 is 0 Å². The van der Waals surface area contributed by atoms with Crippen molar-refractivity contribution in [3.05, 3.63) is 0 Å². The van der Waals surface area contributed by atoms with Crippen molar-refractivity contribution in [3.63, 3.8) is 0 Å².